The van der Waals surface area contributed by atoms with Gasteiger partial charge in [-0.15, -0.1) is 0 Å². The van der Waals surface area contributed by atoms with Gasteiger partial charge in [-0.05, 0) is 71.9 Å². The fourth-order valence-electron chi connectivity index (χ4n) is 3.66. The molecule has 1 aliphatic carbocycles. The van der Waals surface area contributed by atoms with Gasteiger partial charge >= 0.3 is 0 Å². The van der Waals surface area contributed by atoms with Crippen molar-refractivity contribution in [1.82, 2.24) is 15.5 Å². The lowest BCUT2D eigenvalue weighted by Gasteiger charge is -2.34. The summed E-state index contributed by atoms with van der Waals surface area (Å²) in [7, 11) is 0. The Morgan fingerprint density at radius 3 is 2.62 bits per heavy atom. The summed E-state index contributed by atoms with van der Waals surface area (Å²) in [4.78, 5) is 26.4. The van der Waals surface area contributed by atoms with E-state index in [-0.39, 0.29) is 23.8 Å². The Hall–Kier alpha value is -1.36. The van der Waals surface area contributed by atoms with Crippen LogP contribution >= 0.6 is 0 Å². The lowest BCUT2D eigenvalue weighted by Crippen LogP contribution is -2.50. The van der Waals surface area contributed by atoms with Crippen LogP contribution in [0.5, 0.6) is 0 Å². The van der Waals surface area contributed by atoms with E-state index in [0.29, 0.717) is 6.54 Å². The quantitative estimate of drug-likeness (QED) is 0.701. The number of piperidine rings is 1. The molecule has 1 unspecified atom stereocenters. The van der Waals surface area contributed by atoms with E-state index in [4.69, 9.17) is 0 Å². The minimum absolute atomic E-state index is 0.106. The van der Waals surface area contributed by atoms with Crippen LogP contribution in [0.4, 0.5) is 0 Å². The first-order chi connectivity index (χ1) is 11.6. The molecule has 2 amide bonds. The summed E-state index contributed by atoms with van der Waals surface area (Å²) in [6.07, 6.45) is 9.99. The largest absolute Gasteiger partial charge is 0.356 e. The summed E-state index contributed by atoms with van der Waals surface area (Å²) in [5.41, 5.74) is 1.50. The van der Waals surface area contributed by atoms with Crippen LogP contribution in [0.1, 0.15) is 58.8 Å². The number of hydrogen-bond donors (Lipinski definition) is 2. The first kappa shape index (κ1) is 19.0. The first-order valence-electron chi connectivity index (χ1n) is 9.59. The summed E-state index contributed by atoms with van der Waals surface area (Å²) in [5, 5.41) is 5.98. The number of carbonyl (C=O) groups is 2. The van der Waals surface area contributed by atoms with Crippen molar-refractivity contribution < 1.29 is 9.59 Å². The summed E-state index contributed by atoms with van der Waals surface area (Å²) >= 11 is 0. The summed E-state index contributed by atoms with van der Waals surface area (Å²) in [6.45, 7) is 6.99. The van der Waals surface area contributed by atoms with Crippen LogP contribution in [0.2, 0.25) is 0 Å². The number of rotatable bonds is 7. The Morgan fingerprint density at radius 2 is 2.00 bits per heavy atom. The highest BCUT2D eigenvalue weighted by Crippen LogP contribution is 2.20. The van der Waals surface area contributed by atoms with Gasteiger partial charge in [-0.1, -0.05) is 11.6 Å². The molecule has 0 spiro atoms. The molecule has 0 aromatic carbocycles. The van der Waals surface area contributed by atoms with Crippen molar-refractivity contribution in [2.75, 3.05) is 26.2 Å². The highest BCUT2D eigenvalue weighted by atomic mass is 16.2. The molecule has 1 aliphatic heterocycles. The van der Waals surface area contributed by atoms with Crippen molar-refractivity contribution in [3.8, 4) is 0 Å². The number of nitrogens with one attached hydrogen (secondary N) is 2. The van der Waals surface area contributed by atoms with E-state index in [1.54, 1.807) is 0 Å². The fraction of sp³-hybridized carbons (Fsp3) is 0.789. The third-order valence-electron chi connectivity index (χ3n) is 5.31. The Balaban J connectivity index is 1.67. The predicted octanol–water partition coefficient (Wildman–Crippen LogP) is 2.23. The van der Waals surface area contributed by atoms with Crippen LogP contribution in [0.15, 0.2) is 11.6 Å². The number of amides is 2. The maximum Gasteiger partial charge on any atom is 0.237 e. The third-order valence-corrected chi connectivity index (χ3v) is 5.31. The fourth-order valence-corrected chi connectivity index (χ4v) is 3.66. The number of carbonyl (C=O) groups excluding carboxylic acids is 2. The zero-order valence-electron chi connectivity index (χ0n) is 15.3. The molecule has 0 aromatic heterocycles. The highest BCUT2D eigenvalue weighted by molar-refractivity contribution is 5.81. The van der Waals surface area contributed by atoms with E-state index in [2.05, 4.69) is 21.6 Å². The van der Waals surface area contributed by atoms with Crippen LogP contribution in [0.25, 0.3) is 0 Å². The van der Waals surface area contributed by atoms with Gasteiger partial charge in [-0.25, -0.2) is 0 Å². The minimum Gasteiger partial charge on any atom is -0.356 e. The van der Waals surface area contributed by atoms with Crippen LogP contribution in [-0.4, -0.2) is 48.9 Å². The van der Waals surface area contributed by atoms with Crippen LogP contribution in [-0.2, 0) is 9.59 Å². The molecule has 1 fully saturated rings. The zero-order valence-corrected chi connectivity index (χ0v) is 15.3. The van der Waals surface area contributed by atoms with Crippen molar-refractivity contribution in [2.24, 2.45) is 5.92 Å². The Bertz CT molecular complexity index is 454. The molecule has 0 saturated carbocycles. The summed E-state index contributed by atoms with van der Waals surface area (Å²) < 4.78 is 0. The molecular formula is C19H33N3O2. The monoisotopic (exact) mass is 335 g/mol. The van der Waals surface area contributed by atoms with Gasteiger partial charge in [0.25, 0.3) is 0 Å². The van der Waals surface area contributed by atoms with E-state index in [1.807, 2.05) is 13.8 Å². The van der Waals surface area contributed by atoms with Gasteiger partial charge in [-0.3, -0.25) is 14.5 Å². The van der Waals surface area contributed by atoms with E-state index >= 15 is 0 Å². The molecular weight excluding hydrogens is 302 g/mol. The molecule has 0 bridgehead atoms. The molecule has 0 radical (unpaired) electrons. The summed E-state index contributed by atoms with van der Waals surface area (Å²) in [6, 6.07) is -0.111. The van der Waals surface area contributed by atoms with E-state index in [0.717, 1.165) is 38.9 Å². The molecule has 136 valence electrons. The Morgan fingerprint density at radius 1 is 1.25 bits per heavy atom. The first-order valence-corrected chi connectivity index (χ1v) is 9.59. The van der Waals surface area contributed by atoms with Gasteiger partial charge < -0.3 is 10.6 Å². The van der Waals surface area contributed by atoms with Crippen molar-refractivity contribution in [2.45, 2.75) is 64.8 Å². The van der Waals surface area contributed by atoms with Crippen LogP contribution in [0.3, 0.4) is 0 Å². The number of nitrogens with zero attached hydrogens (tertiary/aromatic N) is 1. The standard InChI is InChI=1S/C19H33N3O2/c1-3-20-19(24)17-10-13-22(14-11-17)15(2)18(23)21-12-9-16-7-5-4-6-8-16/h7,15,17H,3-6,8-14H2,1-2H3,(H,20,24)(H,21,23). The number of allylic oxidation sites excluding steroid dienone is 1. The lowest BCUT2D eigenvalue weighted by atomic mass is 9.95. The molecule has 2 aliphatic rings. The Kier molecular flexibility index (Phi) is 7.76. The molecule has 1 heterocycles. The van der Waals surface area contributed by atoms with Crippen molar-refractivity contribution in [3.63, 3.8) is 0 Å². The summed E-state index contributed by atoms with van der Waals surface area (Å²) in [5.74, 6) is 0.382. The maximum absolute atomic E-state index is 12.4. The van der Waals surface area contributed by atoms with Crippen LogP contribution < -0.4 is 10.6 Å². The zero-order chi connectivity index (χ0) is 17.4. The third kappa shape index (κ3) is 5.62. The van der Waals surface area contributed by atoms with E-state index in [1.165, 1.54) is 31.3 Å². The molecule has 24 heavy (non-hydrogen) atoms. The van der Waals surface area contributed by atoms with Crippen molar-refractivity contribution >= 4 is 11.8 Å². The van der Waals surface area contributed by atoms with Gasteiger partial charge in [0.1, 0.15) is 0 Å². The highest BCUT2D eigenvalue weighted by Gasteiger charge is 2.29. The van der Waals surface area contributed by atoms with Crippen molar-refractivity contribution in [1.29, 1.82) is 0 Å². The molecule has 1 atom stereocenters. The molecule has 2 N–H and O–H groups in total. The Labute approximate surface area is 146 Å². The SMILES string of the molecule is CCNC(=O)C1CCN(C(C)C(=O)NCCC2=CCCCC2)CC1. The van der Waals surface area contributed by atoms with Gasteiger partial charge in [0.15, 0.2) is 0 Å². The van der Waals surface area contributed by atoms with Gasteiger partial charge in [0.05, 0.1) is 6.04 Å². The van der Waals surface area contributed by atoms with E-state index in [9.17, 15) is 9.59 Å². The smallest absolute Gasteiger partial charge is 0.237 e. The van der Waals surface area contributed by atoms with Gasteiger partial charge in [0.2, 0.25) is 11.8 Å². The maximum atomic E-state index is 12.4. The van der Waals surface area contributed by atoms with E-state index < -0.39 is 0 Å². The van der Waals surface area contributed by atoms with Gasteiger partial charge in [-0.2, -0.15) is 0 Å². The average molecular weight is 335 g/mol. The minimum atomic E-state index is -0.111. The molecule has 5 nitrogen and oxygen atoms in total. The predicted molar refractivity (Wildman–Crippen MR) is 96.6 cm³/mol. The number of likely N-dealkylation sites (tertiary alicyclic amines) is 1. The second-order valence-electron chi connectivity index (χ2n) is 7.03. The van der Waals surface area contributed by atoms with Crippen LogP contribution in [0, 0.1) is 5.92 Å². The molecule has 1 saturated heterocycles. The lowest BCUT2D eigenvalue weighted by molar-refractivity contribution is -0.128. The molecule has 5 heteroatoms. The average Bonchev–Trinajstić information content (AvgIpc) is 2.62. The second kappa shape index (κ2) is 9.82. The van der Waals surface area contributed by atoms with Crippen molar-refractivity contribution in [3.05, 3.63) is 11.6 Å². The number of hydrogen-bond acceptors (Lipinski definition) is 3. The molecule has 2 rings (SSSR count). The normalized spacial score (nSPS) is 21.0. The van der Waals surface area contributed by atoms with Gasteiger partial charge in [0, 0.05) is 19.0 Å². The second-order valence-corrected chi connectivity index (χ2v) is 7.03. The topological polar surface area (TPSA) is 61.4 Å². The molecule has 0 aromatic rings.